The van der Waals surface area contributed by atoms with Crippen LogP contribution in [0.3, 0.4) is 0 Å². The van der Waals surface area contributed by atoms with E-state index in [-0.39, 0.29) is 27.1 Å². The molecule has 0 spiro atoms. The summed E-state index contributed by atoms with van der Waals surface area (Å²) >= 11 is 0. The molecule has 24 fully saturated rings. The van der Waals surface area contributed by atoms with E-state index in [1.165, 1.54) is 241 Å². The quantitative estimate of drug-likeness (QED) is 0.0803. The number of rotatable bonds is 18. The molecule has 0 radical (unpaired) electrons. The van der Waals surface area contributed by atoms with E-state index in [1.54, 1.807) is 0 Å². The van der Waals surface area contributed by atoms with E-state index in [0.717, 1.165) is 254 Å². The van der Waals surface area contributed by atoms with Gasteiger partial charge in [-0.2, -0.15) is 0 Å². The van der Waals surface area contributed by atoms with Gasteiger partial charge in [0.15, 0.2) is 17.5 Å². The van der Waals surface area contributed by atoms with Crippen molar-refractivity contribution in [3.63, 3.8) is 0 Å². The second-order valence-electron chi connectivity index (χ2n) is 50.4. The first kappa shape index (κ1) is 81.8. The Morgan fingerprint density at radius 2 is 0.377 bits per heavy atom. The highest BCUT2D eigenvalue weighted by atomic mass is 15.1. The average Bonchev–Trinajstić information content (AvgIpc) is 0.740. The van der Waals surface area contributed by atoms with Gasteiger partial charge in [-0.15, -0.1) is 0 Å². The number of pyridine rings is 3. The van der Waals surface area contributed by atoms with Gasteiger partial charge < -0.3 is 0 Å². The molecule has 0 saturated heterocycles. The van der Waals surface area contributed by atoms with Crippen molar-refractivity contribution < 1.29 is 0 Å². The topological polar surface area (TPSA) is 155 Å². The predicted molar refractivity (Wildman–Crippen MR) is 544 cm³/mol. The first-order valence-corrected chi connectivity index (χ1v) is 54.7. The zero-order valence-corrected chi connectivity index (χ0v) is 79.9. The van der Waals surface area contributed by atoms with E-state index in [1.807, 2.05) is 0 Å². The number of nitrogens with zero attached hydrogens (tertiary/aromatic N) is 12. The molecule has 24 aliphatic carbocycles. The number of aromatic nitrogens is 12. The van der Waals surface area contributed by atoms with E-state index in [4.69, 9.17) is 59.8 Å². The van der Waals surface area contributed by atoms with Crippen molar-refractivity contribution >= 4 is 0 Å². The Kier molecular flexibility index (Phi) is 18.4. The predicted octanol–water partition coefficient (Wildman–Crippen LogP) is 29.3. The SMILES string of the molecule is c1ccc(-c2cc(-c3ccccc3-c3ccc(-c4ccc(-c5nc(C67CC8CC(CC(C8)C6)C7)nc(C67CC8CC(CC(C8)C6)C7)n5)cn4)cc3)cc(-c3ccccc3-c3ccc(-c4ccc(-c5nc(C67CC8CC(CC(C8)C6)C7)nc(C67CC8CC(CC(C8)C6)C7)n5)cn4)cc3)c2)c(-c2ccc(-c3ccc(-c4nc(C5C6CC7CC(C6)CC5C7)nc(C56CC7CC(CC(C7)C5)C6)n4)cn3)cc2)c1. The van der Waals surface area contributed by atoms with Crippen LogP contribution in [-0.4, -0.2) is 59.8 Å². The van der Waals surface area contributed by atoms with Gasteiger partial charge in [0.2, 0.25) is 0 Å². The standard InChI is InChI=1S/C126H126N12/c1-4-10-106(103(7-1)89-13-19-92(20-14-89)109-28-25-95(69-127-109)113-130-116(112-101-47-72-31-73(49-101)50-102(112)48-72)136-117(131-113)122-54-74-32-75(55-122)34-76(33-74)56-122)98-51-99(107-11-5-2-8-104(107)90-15-21-93(22-16-90)110-29-26-96(70-128-110)114-132-118(123-57-77-35-78(58-123)37-79(36-77)59-123)137-119(133-114)124-60-80-38-81(61-124)40-82(39-80)62-124)53-100(52-98)108-12-6-3-9-105(108)91-17-23-94(24-18-91)111-30-27-97(71-129-111)115-134-120(125-63-83-41-84(64-125)43-85(42-83)65-125)138-121(135-115)126-66-86-44-87(67-126)46-88(45-86)68-126/h1-30,51-53,69-88,101-102,112H,31-50,54-68H2. The summed E-state index contributed by atoms with van der Waals surface area (Å²) in [7, 11) is 0. The van der Waals surface area contributed by atoms with E-state index in [2.05, 4.69) is 219 Å². The Labute approximate surface area is 813 Å². The molecule has 6 heterocycles. The Hall–Kier alpha value is -11.0. The lowest BCUT2D eigenvalue weighted by Gasteiger charge is -2.57. The Morgan fingerprint density at radius 1 is 0.174 bits per heavy atom. The maximum Gasteiger partial charge on any atom is 0.164 e. The summed E-state index contributed by atoms with van der Waals surface area (Å²) in [6.07, 6.45) is 52.8. The van der Waals surface area contributed by atoms with E-state index in [0.29, 0.717) is 17.8 Å². The van der Waals surface area contributed by atoms with E-state index in [9.17, 15) is 0 Å². The average molecular weight is 1810 g/mol. The minimum atomic E-state index is 0.0800. The fraction of sp³-hybridized carbons (Fsp3) is 0.476. The third kappa shape index (κ3) is 13.7. The molecule has 0 unspecified atom stereocenters. The molecule has 0 N–H and O–H groups in total. The van der Waals surface area contributed by atoms with Crippen LogP contribution in [0.25, 0.3) is 135 Å². The first-order valence-electron chi connectivity index (χ1n) is 54.7. The van der Waals surface area contributed by atoms with Gasteiger partial charge in [0.1, 0.15) is 34.9 Å². The smallest absolute Gasteiger partial charge is 0.164 e. The van der Waals surface area contributed by atoms with Crippen molar-refractivity contribution in [3.05, 3.63) is 254 Å². The minimum absolute atomic E-state index is 0.0800. The van der Waals surface area contributed by atoms with Gasteiger partial charge in [0.25, 0.3) is 0 Å². The lowest BCUT2D eigenvalue weighted by molar-refractivity contribution is -0.0157. The third-order valence-electron chi connectivity index (χ3n) is 41.2. The number of hydrogen-bond donors (Lipinski definition) is 0. The summed E-state index contributed by atoms with van der Waals surface area (Å²) in [5.74, 6) is 25.1. The highest BCUT2D eigenvalue weighted by Crippen LogP contribution is 2.68. The summed E-state index contributed by atoms with van der Waals surface area (Å²) in [6, 6.07) is 75.3. The summed E-state index contributed by atoms with van der Waals surface area (Å²) in [4.78, 5) is 66.8. The molecule has 0 amide bonds. The first-order chi connectivity index (χ1) is 67.7. The monoisotopic (exact) mass is 1810 g/mol. The van der Waals surface area contributed by atoms with Gasteiger partial charge >= 0.3 is 0 Å². The van der Waals surface area contributed by atoms with Crippen molar-refractivity contribution in [2.24, 2.45) is 112 Å². The van der Waals surface area contributed by atoms with Crippen LogP contribution in [-0.2, 0) is 27.1 Å². The van der Waals surface area contributed by atoms with Crippen LogP contribution in [0.15, 0.2) is 219 Å². The van der Waals surface area contributed by atoms with Crippen molar-refractivity contribution in [1.82, 2.24) is 59.8 Å². The number of benzene rings is 7. The van der Waals surface area contributed by atoms with Gasteiger partial charge in [0.05, 0.1) is 17.1 Å². The Bertz CT molecular complexity index is 6420. The van der Waals surface area contributed by atoms with E-state index < -0.39 is 0 Å². The summed E-state index contributed by atoms with van der Waals surface area (Å²) in [5, 5.41) is 0. The highest BCUT2D eigenvalue weighted by Gasteiger charge is 2.61. The van der Waals surface area contributed by atoms with Gasteiger partial charge in [-0.3, -0.25) is 15.0 Å². The second-order valence-corrected chi connectivity index (χ2v) is 50.4. The molecule has 24 bridgehead atoms. The third-order valence-corrected chi connectivity index (χ3v) is 41.2. The van der Waals surface area contributed by atoms with Crippen LogP contribution in [0.2, 0.25) is 0 Å². The van der Waals surface area contributed by atoms with Crippen LogP contribution in [0.4, 0.5) is 0 Å². The second kappa shape index (κ2) is 31.0. The van der Waals surface area contributed by atoms with Crippen LogP contribution in [0.5, 0.6) is 0 Å². The fourth-order valence-corrected chi connectivity index (χ4v) is 37.7. The highest BCUT2D eigenvalue weighted by molar-refractivity contribution is 5.95. The lowest BCUT2D eigenvalue weighted by Crippen LogP contribution is -2.51. The maximum absolute atomic E-state index is 5.77. The van der Waals surface area contributed by atoms with Crippen LogP contribution < -0.4 is 0 Å². The van der Waals surface area contributed by atoms with Crippen LogP contribution in [0, 0.1) is 112 Å². The zero-order chi connectivity index (χ0) is 90.1. The number of hydrogen-bond acceptors (Lipinski definition) is 12. The van der Waals surface area contributed by atoms with E-state index >= 15 is 0 Å². The summed E-state index contributed by atoms with van der Waals surface area (Å²) in [6.45, 7) is 0. The largest absolute Gasteiger partial charge is 0.255 e. The summed E-state index contributed by atoms with van der Waals surface area (Å²) < 4.78 is 0. The molecule has 6 aromatic heterocycles. The molecule has 12 heteroatoms. The fourth-order valence-electron chi connectivity index (χ4n) is 37.7. The van der Waals surface area contributed by atoms with Gasteiger partial charge in [-0.05, 0) is 459 Å². The summed E-state index contributed by atoms with van der Waals surface area (Å²) in [5.41, 5.74) is 23.4. The molecule has 7 aromatic carbocycles. The van der Waals surface area contributed by atoms with Crippen molar-refractivity contribution in [2.75, 3.05) is 0 Å². The molecule has 13 aromatic rings. The van der Waals surface area contributed by atoms with Gasteiger partial charge in [-0.1, -0.05) is 146 Å². The minimum Gasteiger partial charge on any atom is -0.255 e. The Morgan fingerprint density at radius 3 is 0.609 bits per heavy atom. The van der Waals surface area contributed by atoms with Crippen LogP contribution >= 0.6 is 0 Å². The molecular formula is C126H126N12. The maximum atomic E-state index is 5.77. The normalized spacial score (nSPS) is 35.4. The molecule has 0 atom stereocenters. The molecular weight excluding hydrogens is 1680 g/mol. The molecule has 138 heavy (non-hydrogen) atoms. The molecule has 24 aliphatic rings. The van der Waals surface area contributed by atoms with Crippen molar-refractivity contribution in [1.29, 1.82) is 0 Å². The van der Waals surface area contributed by atoms with Gasteiger partial charge in [-0.25, -0.2) is 44.9 Å². The van der Waals surface area contributed by atoms with Gasteiger partial charge in [0, 0.05) is 85.0 Å². The molecule has 24 saturated carbocycles. The molecule has 690 valence electrons. The Balaban J connectivity index is 0.470. The van der Waals surface area contributed by atoms with Crippen LogP contribution in [0.1, 0.15) is 266 Å². The molecule has 12 nitrogen and oxygen atoms in total. The lowest BCUT2D eigenvalue weighted by atomic mass is 9.49. The zero-order valence-electron chi connectivity index (χ0n) is 79.9. The molecule has 37 rings (SSSR count). The van der Waals surface area contributed by atoms with Crippen molar-refractivity contribution in [3.8, 4) is 135 Å². The molecule has 0 aliphatic heterocycles. The van der Waals surface area contributed by atoms with Crippen molar-refractivity contribution in [2.45, 2.75) is 258 Å².